The lowest BCUT2D eigenvalue weighted by Crippen LogP contribution is -2.59. The molecule has 3 aliphatic rings. The number of para-hydroxylation sites is 1. The first-order valence-corrected chi connectivity index (χ1v) is 13.2. The number of rotatable bonds is 10. The van der Waals surface area contributed by atoms with Gasteiger partial charge in [0, 0.05) is 12.1 Å². The molecule has 0 bridgehead atoms. The highest BCUT2D eigenvalue weighted by Crippen LogP contribution is 2.38. The lowest BCUT2D eigenvalue weighted by atomic mass is 9.82. The van der Waals surface area contributed by atoms with Gasteiger partial charge in [0.2, 0.25) is 10.0 Å². The number of aldehydes is 1. The van der Waals surface area contributed by atoms with Crippen molar-refractivity contribution in [3.63, 3.8) is 0 Å². The van der Waals surface area contributed by atoms with E-state index in [1.807, 2.05) is 18.2 Å². The Morgan fingerprint density at radius 3 is 2.62 bits per heavy atom. The molecule has 2 atom stereocenters. The summed E-state index contributed by atoms with van der Waals surface area (Å²) < 4.78 is 44.8. The molecule has 1 aliphatic carbocycles. The van der Waals surface area contributed by atoms with Crippen molar-refractivity contribution < 1.29 is 27.4 Å². The Morgan fingerprint density at radius 1 is 1.12 bits per heavy atom. The molecule has 3 fully saturated rings. The molecule has 32 heavy (non-hydrogen) atoms. The van der Waals surface area contributed by atoms with Gasteiger partial charge in [-0.05, 0) is 62.6 Å². The summed E-state index contributed by atoms with van der Waals surface area (Å²) in [6, 6.07) is 7.78. The van der Waals surface area contributed by atoms with Crippen LogP contribution in [0.15, 0.2) is 24.3 Å². The van der Waals surface area contributed by atoms with Crippen LogP contribution in [0, 0.1) is 0 Å². The normalized spacial score (nSPS) is 29.2. The summed E-state index contributed by atoms with van der Waals surface area (Å²) in [5.41, 5.74) is 1.16. The molecule has 0 amide bonds. The number of carbonyl (C=O) groups excluding carboxylic acids is 1. The molecule has 1 aromatic rings. The van der Waals surface area contributed by atoms with Crippen molar-refractivity contribution in [1.82, 2.24) is 10.0 Å². The number of carbonyl (C=O) groups is 1. The SMILES string of the molecule is O=CCOc1ccccc1[C@H]1CC[C@@H](OC[C@@H]2NCCC[C@@H]2NS(=O)(=O)C2COC2)CC1. The van der Waals surface area contributed by atoms with Gasteiger partial charge in [0.1, 0.15) is 17.6 Å². The summed E-state index contributed by atoms with van der Waals surface area (Å²) in [6.07, 6.45) is 6.62. The maximum atomic E-state index is 12.5. The number of ether oxygens (including phenoxy) is 3. The minimum atomic E-state index is -3.35. The molecule has 0 aromatic heterocycles. The van der Waals surface area contributed by atoms with E-state index in [2.05, 4.69) is 16.1 Å². The fraction of sp³-hybridized carbons (Fsp3) is 0.696. The zero-order valence-corrected chi connectivity index (χ0v) is 19.2. The standard InChI is InChI=1S/C23H34N2O6S/c26-12-13-30-23-6-2-1-4-20(23)17-7-9-18(10-8-17)31-16-22-21(5-3-11-24-22)25-32(27,28)19-14-29-15-19/h1-2,4,6,12,17-19,21-22,24-25H,3,5,7-11,13-16H2/t17-,18+,21-,22-/m0/s1. The van der Waals surface area contributed by atoms with Crippen molar-refractivity contribution in [1.29, 1.82) is 0 Å². The van der Waals surface area contributed by atoms with Crippen molar-refractivity contribution in [3.8, 4) is 5.75 Å². The van der Waals surface area contributed by atoms with Gasteiger partial charge in [-0.1, -0.05) is 18.2 Å². The van der Waals surface area contributed by atoms with Gasteiger partial charge in [0.15, 0.2) is 6.29 Å². The second kappa shape index (κ2) is 11.1. The summed E-state index contributed by atoms with van der Waals surface area (Å²) in [5, 5.41) is 3.01. The third-order valence-corrected chi connectivity index (χ3v) is 8.58. The van der Waals surface area contributed by atoms with Crippen LogP contribution < -0.4 is 14.8 Å². The molecule has 0 unspecified atom stereocenters. The summed E-state index contributed by atoms with van der Waals surface area (Å²) in [5.74, 6) is 1.19. The molecule has 2 saturated heterocycles. The predicted molar refractivity (Wildman–Crippen MR) is 120 cm³/mol. The minimum absolute atomic E-state index is 0.0188. The summed E-state index contributed by atoms with van der Waals surface area (Å²) in [6.45, 7) is 2.01. The molecular weight excluding hydrogens is 432 g/mol. The lowest BCUT2D eigenvalue weighted by molar-refractivity contribution is -0.109. The number of nitrogens with one attached hydrogen (secondary N) is 2. The molecule has 178 valence electrons. The molecule has 8 nitrogen and oxygen atoms in total. The van der Waals surface area contributed by atoms with Crippen molar-refractivity contribution in [2.24, 2.45) is 0 Å². The Kier molecular flexibility index (Phi) is 8.17. The molecule has 2 N–H and O–H groups in total. The van der Waals surface area contributed by atoms with Crippen LogP contribution in [0.25, 0.3) is 0 Å². The molecule has 1 aromatic carbocycles. The summed E-state index contributed by atoms with van der Waals surface area (Å²) in [4.78, 5) is 10.7. The topological polar surface area (TPSA) is 103 Å². The van der Waals surface area contributed by atoms with E-state index in [0.717, 1.165) is 62.7 Å². The zero-order valence-electron chi connectivity index (χ0n) is 18.4. The van der Waals surface area contributed by atoms with Crippen molar-refractivity contribution in [2.75, 3.05) is 33.0 Å². The van der Waals surface area contributed by atoms with E-state index >= 15 is 0 Å². The van der Waals surface area contributed by atoms with Crippen LogP contribution in [0.5, 0.6) is 5.75 Å². The Bertz CT molecular complexity index is 852. The Balaban J connectivity index is 1.26. The molecule has 0 spiro atoms. The van der Waals surface area contributed by atoms with E-state index in [1.54, 1.807) is 0 Å². The highest BCUT2D eigenvalue weighted by Gasteiger charge is 2.37. The first-order chi connectivity index (χ1) is 15.6. The molecule has 9 heteroatoms. The van der Waals surface area contributed by atoms with Gasteiger partial charge >= 0.3 is 0 Å². The first-order valence-electron chi connectivity index (χ1n) is 11.7. The van der Waals surface area contributed by atoms with Crippen molar-refractivity contribution >= 4 is 16.3 Å². The average molecular weight is 467 g/mol. The second-order valence-corrected chi connectivity index (χ2v) is 10.9. The van der Waals surface area contributed by atoms with Gasteiger partial charge in [-0.3, -0.25) is 4.79 Å². The Hall–Kier alpha value is -1.52. The maximum absolute atomic E-state index is 12.5. The number of hydrogen-bond donors (Lipinski definition) is 2. The number of benzene rings is 1. The van der Waals surface area contributed by atoms with Crippen LogP contribution in [0.2, 0.25) is 0 Å². The quantitative estimate of drug-likeness (QED) is 0.507. The van der Waals surface area contributed by atoms with Crippen LogP contribution >= 0.6 is 0 Å². The van der Waals surface area contributed by atoms with E-state index < -0.39 is 15.3 Å². The monoisotopic (exact) mass is 466 g/mol. The fourth-order valence-corrected chi connectivity index (χ4v) is 6.27. The Labute approximate surface area is 190 Å². The summed E-state index contributed by atoms with van der Waals surface area (Å²) in [7, 11) is -3.35. The van der Waals surface area contributed by atoms with Gasteiger partial charge < -0.3 is 19.5 Å². The zero-order chi connectivity index (χ0) is 22.4. The molecular formula is C23H34N2O6S. The molecule has 1 saturated carbocycles. The first kappa shape index (κ1) is 23.6. The second-order valence-electron chi connectivity index (χ2n) is 8.95. The van der Waals surface area contributed by atoms with Crippen LogP contribution in [-0.2, 0) is 24.3 Å². The molecule has 2 aliphatic heterocycles. The average Bonchev–Trinajstić information content (AvgIpc) is 2.76. The molecule has 2 heterocycles. The van der Waals surface area contributed by atoms with E-state index in [4.69, 9.17) is 14.2 Å². The number of piperidine rings is 1. The predicted octanol–water partition coefficient (Wildman–Crippen LogP) is 1.75. The highest BCUT2D eigenvalue weighted by atomic mass is 32.2. The van der Waals surface area contributed by atoms with Gasteiger partial charge in [-0.15, -0.1) is 0 Å². The smallest absolute Gasteiger partial charge is 0.219 e. The van der Waals surface area contributed by atoms with Crippen molar-refractivity contribution in [3.05, 3.63) is 29.8 Å². The van der Waals surface area contributed by atoms with E-state index in [1.165, 1.54) is 0 Å². The van der Waals surface area contributed by atoms with Crippen LogP contribution in [0.4, 0.5) is 0 Å². The Morgan fingerprint density at radius 2 is 1.91 bits per heavy atom. The third kappa shape index (κ3) is 5.88. The minimum Gasteiger partial charge on any atom is -0.486 e. The number of sulfonamides is 1. The van der Waals surface area contributed by atoms with Crippen LogP contribution in [0.3, 0.4) is 0 Å². The lowest BCUT2D eigenvalue weighted by Gasteiger charge is -2.37. The number of hydrogen-bond acceptors (Lipinski definition) is 7. The van der Waals surface area contributed by atoms with E-state index in [-0.39, 0.29) is 38.0 Å². The van der Waals surface area contributed by atoms with Gasteiger partial charge in [-0.2, -0.15) is 0 Å². The van der Waals surface area contributed by atoms with Crippen molar-refractivity contribution in [2.45, 2.75) is 67.9 Å². The summed E-state index contributed by atoms with van der Waals surface area (Å²) >= 11 is 0. The van der Waals surface area contributed by atoms with Crippen LogP contribution in [0.1, 0.15) is 50.0 Å². The molecule has 4 rings (SSSR count). The van der Waals surface area contributed by atoms with Crippen LogP contribution in [-0.4, -0.2) is 71.1 Å². The van der Waals surface area contributed by atoms with Gasteiger partial charge in [-0.25, -0.2) is 13.1 Å². The van der Waals surface area contributed by atoms with Gasteiger partial charge in [0.25, 0.3) is 0 Å². The largest absolute Gasteiger partial charge is 0.486 e. The molecule has 0 radical (unpaired) electrons. The maximum Gasteiger partial charge on any atom is 0.219 e. The third-order valence-electron chi connectivity index (χ3n) is 6.80. The van der Waals surface area contributed by atoms with E-state index in [9.17, 15) is 13.2 Å². The fourth-order valence-electron chi connectivity index (χ4n) is 4.82. The van der Waals surface area contributed by atoms with E-state index in [0.29, 0.717) is 12.5 Å². The highest BCUT2D eigenvalue weighted by molar-refractivity contribution is 7.90. The van der Waals surface area contributed by atoms with Gasteiger partial charge in [0.05, 0.1) is 25.9 Å².